The number of rotatable bonds is 6. The fourth-order valence-electron chi connectivity index (χ4n) is 3.05. The molecule has 3 nitrogen and oxygen atoms in total. The molecule has 0 bridgehead atoms. The van der Waals surface area contributed by atoms with Crippen molar-refractivity contribution in [3.8, 4) is 0 Å². The van der Waals surface area contributed by atoms with E-state index in [4.69, 9.17) is 11.6 Å². The summed E-state index contributed by atoms with van der Waals surface area (Å²) in [5, 5.41) is 8.36. The summed E-state index contributed by atoms with van der Waals surface area (Å²) in [5.74, 6) is 1.56. The molecule has 0 spiro atoms. The highest BCUT2D eigenvalue weighted by Gasteiger charge is 2.33. The van der Waals surface area contributed by atoms with Gasteiger partial charge in [0.2, 0.25) is 0 Å². The van der Waals surface area contributed by atoms with Crippen LogP contribution >= 0.6 is 11.6 Å². The van der Waals surface area contributed by atoms with E-state index >= 15 is 0 Å². The molecule has 4 heteroatoms. The zero-order valence-electron chi connectivity index (χ0n) is 13.1. The average Bonchev–Trinajstić information content (AvgIpc) is 2.90. The molecule has 1 heterocycles. The first-order valence-corrected chi connectivity index (χ1v) is 8.52. The predicted octanol–water partition coefficient (Wildman–Crippen LogP) is 3.74. The summed E-state index contributed by atoms with van der Waals surface area (Å²) in [5.41, 5.74) is 2.59. The molecule has 1 aromatic heterocycles. The van der Waals surface area contributed by atoms with Gasteiger partial charge in [0, 0.05) is 24.5 Å². The lowest BCUT2D eigenvalue weighted by Crippen LogP contribution is -2.49. The van der Waals surface area contributed by atoms with Crippen LogP contribution in [0.1, 0.15) is 57.8 Å². The Morgan fingerprint density at radius 1 is 1.40 bits per heavy atom. The second kappa shape index (κ2) is 6.95. The molecule has 1 fully saturated rings. The number of alkyl halides is 1. The fraction of sp³-hybridized carbons (Fsp3) is 0.812. The summed E-state index contributed by atoms with van der Waals surface area (Å²) >= 11 is 6.27. The molecule has 0 aromatic carbocycles. The van der Waals surface area contributed by atoms with E-state index in [1.54, 1.807) is 0 Å². The second-order valence-corrected chi connectivity index (χ2v) is 6.51. The fourth-order valence-corrected chi connectivity index (χ4v) is 3.42. The SMILES string of the molecule is CCc1cc(CNC2(CCl)CCC(C)CC2)n(CC)n1. The summed E-state index contributed by atoms with van der Waals surface area (Å²) in [4.78, 5) is 0. The molecule has 1 N–H and O–H groups in total. The van der Waals surface area contributed by atoms with E-state index in [9.17, 15) is 0 Å². The first kappa shape index (κ1) is 15.8. The minimum Gasteiger partial charge on any atom is -0.304 e. The van der Waals surface area contributed by atoms with Crippen molar-refractivity contribution in [1.29, 1.82) is 0 Å². The maximum atomic E-state index is 6.27. The molecule has 1 aliphatic rings. The Balaban J connectivity index is 2.01. The van der Waals surface area contributed by atoms with Crippen molar-refractivity contribution in [3.05, 3.63) is 17.5 Å². The first-order valence-electron chi connectivity index (χ1n) is 7.99. The summed E-state index contributed by atoms with van der Waals surface area (Å²) in [6, 6.07) is 2.23. The normalized spacial score (nSPS) is 26.9. The highest BCUT2D eigenvalue weighted by molar-refractivity contribution is 6.18. The minimum absolute atomic E-state index is 0.128. The van der Waals surface area contributed by atoms with Gasteiger partial charge in [-0.15, -0.1) is 11.6 Å². The smallest absolute Gasteiger partial charge is 0.0625 e. The maximum Gasteiger partial charge on any atom is 0.0625 e. The third-order valence-electron chi connectivity index (χ3n) is 4.71. The van der Waals surface area contributed by atoms with E-state index in [2.05, 4.69) is 41.9 Å². The van der Waals surface area contributed by atoms with Gasteiger partial charge in [-0.1, -0.05) is 13.8 Å². The first-order chi connectivity index (χ1) is 9.62. The second-order valence-electron chi connectivity index (χ2n) is 6.25. The van der Waals surface area contributed by atoms with Crippen LogP contribution in [0.25, 0.3) is 0 Å². The van der Waals surface area contributed by atoms with Crippen LogP contribution in [0.5, 0.6) is 0 Å². The van der Waals surface area contributed by atoms with Gasteiger partial charge in [0.25, 0.3) is 0 Å². The predicted molar refractivity (Wildman–Crippen MR) is 85.2 cm³/mol. The van der Waals surface area contributed by atoms with Crippen LogP contribution in [-0.4, -0.2) is 21.2 Å². The molecule has 1 saturated carbocycles. The Kier molecular flexibility index (Phi) is 5.50. The maximum absolute atomic E-state index is 6.27. The van der Waals surface area contributed by atoms with Crippen molar-refractivity contribution in [2.24, 2.45) is 5.92 Å². The largest absolute Gasteiger partial charge is 0.304 e. The topological polar surface area (TPSA) is 29.9 Å². The molecule has 0 unspecified atom stereocenters. The lowest BCUT2D eigenvalue weighted by Gasteiger charge is -2.39. The van der Waals surface area contributed by atoms with E-state index in [1.165, 1.54) is 37.1 Å². The molecule has 0 saturated heterocycles. The zero-order chi connectivity index (χ0) is 14.6. The molecule has 0 amide bonds. The van der Waals surface area contributed by atoms with Crippen molar-refractivity contribution in [2.75, 3.05) is 5.88 Å². The molecular formula is C16H28ClN3. The number of hydrogen-bond donors (Lipinski definition) is 1. The Labute approximate surface area is 128 Å². The monoisotopic (exact) mass is 297 g/mol. The number of hydrogen-bond acceptors (Lipinski definition) is 2. The van der Waals surface area contributed by atoms with E-state index < -0.39 is 0 Å². The molecule has 0 aliphatic heterocycles. The van der Waals surface area contributed by atoms with Crippen LogP contribution in [0.15, 0.2) is 6.07 Å². The highest BCUT2D eigenvalue weighted by atomic mass is 35.5. The van der Waals surface area contributed by atoms with Crippen LogP contribution < -0.4 is 5.32 Å². The van der Waals surface area contributed by atoms with Gasteiger partial charge in [-0.3, -0.25) is 4.68 Å². The van der Waals surface area contributed by atoms with Crippen molar-refractivity contribution >= 4 is 11.6 Å². The summed E-state index contributed by atoms with van der Waals surface area (Å²) in [6.07, 6.45) is 5.95. The van der Waals surface area contributed by atoms with E-state index in [0.717, 1.165) is 25.4 Å². The third-order valence-corrected chi connectivity index (χ3v) is 5.22. The van der Waals surface area contributed by atoms with Crippen LogP contribution in [0, 0.1) is 5.92 Å². The highest BCUT2D eigenvalue weighted by Crippen LogP contribution is 2.33. The van der Waals surface area contributed by atoms with Gasteiger partial charge in [0.15, 0.2) is 0 Å². The molecule has 0 radical (unpaired) electrons. The Bertz CT molecular complexity index is 419. The zero-order valence-corrected chi connectivity index (χ0v) is 13.8. The lowest BCUT2D eigenvalue weighted by atomic mass is 9.78. The van der Waals surface area contributed by atoms with Crippen molar-refractivity contribution in [1.82, 2.24) is 15.1 Å². The van der Waals surface area contributed by atoms with Gasteiger partial charge >= 0.3 is 0 Å². The molecule has 2 rings (SSSR count). The Hall–Kier alpha value is -0.540. The molecule has 114 valence electrons. The Morgan fingerprint density at radius 3 is 2.65 bits per heavy atom. The van der Waals surface area contributed by atoms with Crippen molar-refractivity contribution in [3.63, 3.8) is 0 Å². The molecule has 0 atom stereocenters. The van der Waals surface area contributed by atoms with Gasteiger partial charge in [0.05, 0.1) is 11.4 Å². The lowest BCUT2D eigenvalue weighted by molar-refractivity contribution is 0.214. The van der Waals surface area contributed by atoms with E-state index in [1.807, 2.05) is 0 Å². The van der Waals surface area contributed by atoms with Gasteiger partial charge in [-0.05, 0) is 51.0 Å². The minimum atomic E-state index is 0.128. The number of nitrogens with one attached hydrogen (secondary N) is 1. The Morgan fingerprint density at radius 2 is 2.10 bits per heavy atom. The number of aromatic nitrogens is 2. The van der Waals surface area contributed by atoms with Crippen molar-refractivity contribution < 1.29 is 0 Å². The standard InChI is InChI=1S/C16H28ClN3/c1-4-14-10-15(20(5-2)19-14)11-18-16(12-17)8-6-13(3)7-9-16/h10,13,18H,4-9,11-12H2,1-3H3. The average molecular weight is 298 g/mol. The summed E-state index contributed by atoms with van der Waals surface area (Å²) in [6.45, 7) is 8.46. The van der Waals surface area contributed by atoms with Gasteiger partial charge in [-0.2, -0.15) is 5.10 Å². The van der Waals surface area contributed by atoms with Gasteiger partial charge in [-0.25, -0.2) is 0 Å². The number of halogens is 1. The van der Waals surface area contributed by atoms with Crippen LogP contribution in [0.4, 0.5) is 0 Å². The summed E-state index contributed by atoms with van der Waals surface area (Å²) in [7, 11) is 0. The van der Waals surface area contributed by atoms with Gasteiger partial charge in [0.1, 0.15) is 0 Å². The number of aryl methyl sites for hydroxylation is 2. The van der Waals surface area contributed by atoms with Crippen molar-refractivity contribution in [2.45, 2.75) is 71.5 Å². The molecule has 1 aliphatic carbocycles. The quantitative estimate of drug-likeness (QED) is 0.811. The van der Waals surface area contributed by atoms with Crippen LogP contribution in [0.2, 0.25) is 0 Å². The van der Waals surface area contributed by atoms with Gasteiger partial charge < -0.3 is 5.32 Å². The third kappa shape index (κ3) is 3.56. The molecule has 1 aromatic rings. The molecule has 20 heavy (non-hydrogen) atoms. The van der Waals surface area contributed by atoms with E-state index in [0.29, 0.717) is 5.88 Å². The number of nitrogens with zero attached hydrogens (tertiary/aromatic N) is 2. The van der Waals surface area contributed by atoms with Crippen LogP contribution in [-0.2, 0) is 19.5 Å². The van der Waals surface area contributed by atoms with E-state index in [-0.39, 0.29) is 5.54 Å². The summed E-state index contributed by atoms with van der Waals surface area (Å²) < 4.78 is 2.11. The molecular weight excluding hydrogens is 270 g/mol. The van der Waals surface area contributed by atoms with Crippen LogP contribution in [0.3, 0.4) is 0 Å².